The number of β-amino-alcohol motifs (C(OH)–C–C–N with tert-alkyl or cyclic N) is 1. The number of anilines is 1. The van der Waals surface area contributed by atoms with E-state index in [1.165, 1.54) is 0 Å². The van der Waals surface area contributed by atoms with Gasteiger partial charge in [-0.15, -0.1) is 0 Å². The van der Waals surface area contributed by atoms with Crippen LogP contribution in [0.2, 0.25) is 10.0 Å². The first-order valence-corrected chi connectivity index (χ1v) is 14.0. The number of halogens is 2. The first-order valence-electron chi connectivity index (χ1n) is 13.2. The minimum absolute atomic E-state index is 0.170. The molecule has 0 saturated carbocycles. The fourth-order valence-corrected chi connectivity index (χ4v) is 5.44. The summed E-state index contributed by atoms with van der Waals surface area (Å²) in [6, 6.07) is 19.1. The molecule has 39 heavy (non-hydrogen) atoms. The SMILES string of the molecule is COCCCN1CCOc2ccc(CO[C@H]3CNC[C@@H](O)[C@@H]3c3ccc(Oc4ccc(Cl)c(Cl)c4)cc3)cc21. The Bertz CT molecular complexity index is 1240. The number of hydrogen-bond acceptors (Lipinski definition) is 7. The molecule has 2 N–H and O–H groups in total. The molecule has 5 rings (SSSR count). The fraction of sp³-hybridized carbons (Fsp3) is 0.400. The lowest BCUT2D eigenvalue weighted by Crippen LogP contribution is -2.49. The molecule has 0 unspecified atom stereocenters. The van der Waals surface area contributed by atoms with E-state index in [9.17, 15) is 5.11 Å². The quantitative estimate of drug-likeness (QED) is 0.304. The number of fused-ring (bicyclic) bond motifs is 1. The van der Waals surface area contributed by atoms with E-state index in [1.807, 2.05) is 36.4 Å². The van der Waals surface area contributed by atoms with Gasteiger partial charge in [-0.1, -0.05) is 41.4 Å². The summed E-state index contributed by atoms with van der Waals surface area (Å²) in [5.74, 6) is 2.01. The summed E-state index contributed by atoms with van der Waals surface area (Å²) in [4.78, 5) is 2.34. The van der Waals surface area contributed by atoms with Crippen LogP contribution in [0.3, 0.4) is 0 Å². The molecule has 3 aromatic rings. The van der Waals surface area contributed by atoms with Crippen molar-refractivity contribution in [3.63, 3.8) is 0 Å². The van der Waals surface area contributed by atoms with E-state index < -0.39 is 6.10 Å². The Morgan fingerprint density at radius 1 is 1.00 bits per heavy atom. The number of hydrogen-bond donors (Lipinski definition) is 2. The van der Waals surface area contributed by atoms with Gasteiger partial charge in [0.05, 0.1) is 41.1 Å². The Labute approximate surface area is 239 Å². The van der Waals surface area contributed by atoms with E-state index >= 15 is 0 Å². The molecule has 0 amide bonds. The van der Waals surface area contributed by atoms with Gasteiger partial charge in [0.1, 0.15) is 23.9 Å². The van der Waals surface area contributed by atoms with Crippen molar-refractivity contribution in [1.29, 1.82) is 0 Å². The zero-order chi connectivity index (χ0) is 27.2. The Morgan fingerprint density at radius 2 is 1.82 bits per heavy atom. The molecule has 3 aromatic carbocycles. The number of piperidine rings is 1. The second-order valence-electron chi connectivity index (χ2n) is 9.83. The summed E-state index contributed by atoms with van der Waals surface area (Å²) in [5, 5.41) is 15.1. The third kappa shape index (κ3) is 6.98. The summed E-state index contributed by atoms with van der Waals surface area (Å²) in [7, 11) is 1.73. The zero-order valence-electron chi connectivity index (χ0n) is 21.9. The largest absolute Gasteiger partial charge is 0.490 e. The van der Waals surface area contributed by atoms with Crippen LogP contribution in [0.1, 0.15) is 23.5 Å². The minimum atomic E-state index is -0.571. The molecule has 208 valence electrons. The number of nitrogens with one attached hydrogen (secondary N) is 1. The second-order valence-corrected chi connectivity index (χ2v) is 10.6. The summed E-state index contributed by atoms with van der Waals surface area (Å²) < 4.78 is 23.5. The van der Waals surface area contributed by atoms with Crippen LogP contribution in [0.25, 0.3) is 0 Å². The van der Waals surface area contributed by atoms with Crippen molar-refractivity contribution >= 4 is 28.9 Å². The highest BCUT2D eigenvalue weighted by Crippen LogP contribution is 2.35. The Morgan fingerprint density at radius 3 is 2.62 bits per heavy atom. The van der Waals surface area contributed by atoms with Gasteiger partial charge in [0, 0.05) is 45.3 Å². The van der Waals surface area contributed by atoms with Crippen LogP contribution in [-0.2, 0) is 16.1 Å². The smallest absolute Gasteiger partial charge is 0.142 e. The third-order valence-electron chi connectivity index (χ3n) is 7.13. The van der Waals surface area contributed by atoms with Crippen LogP contribution >= 0.6 is 23.2 Å². The maximum Gasteiger partial charge on any atom is 0.142 e. The molecule has 3 atom stereocenters. The van der Waals surface area contributed by atoms with Gasteiger partial charge in [-0.2, -0.15) is 0 Å². The van der Waals surface area contributed by atoms with E-state index in [4.69, 9.17) is 42.1 Å². The van der Waals surface area contributed by atoms with E-state index in [-0.39, 0.29) is 12.0 Å². The third-order valence-corrected chi connectivity index (χ3v) is 7.87. The van der Waals surface area contributed by atoms with Crippen molar-refractivity contribution in [2.24, 2.45) is 0 Å². The van der Waals surface area contributed by atoms with Gasteiger partial charge < -0.3 is 34.3 Å². The van der Waals surface area contributed by atoms with Crippen molar-refractivity contribution in [2.45, 2.75) is 31.2 Å². The summed E-state index contributed by atoms with van der Waals surface area (Å²) in [6.07, 6.45) is 0.195. The molecule has 2 aliphatic rings. The van der Waals surface area contributed by atoms with Gasteiger partial charge in [-0.3, -0.25) is 0 Å². The molecular weight excluding hydrogens is 539 g/mol. The number of aliphatic hydroxyl groups is 1. The molecule has 7 nitrogen and oxygen atoms in total. The molecule has 0 aliphatic carbocycles. The Hall–Kier alpha value is -2.52. The molecule has 0 aromatic heterocycles. The number of ether oxygens (including phenoxy) is 4. The fourth-order valence-electron chi connectivity index (χ4n) is 5.15. The molecule has 0 bridgehead atoms. The summed E-state index contributed by atoms with van der Waals surface area (Å²) >= 11 is 12.1. The Balaban J connectivity index is 1.25. The van der Waals surface area contributed by atoms with Crippen LogP contribution in [0.5, 0.6) is 17.2 Å². The molecule has 2 aliphatic heterocycles. The predicted octanol–water partition coefficient (Wildman–Crippen LogP) is 5.65. The Kier molecular flexibility index (Phi) is 9.50. The number of benzene rings is 3. The monoisotopic (exact) mass is 572 g/mol. The highest BCUT2D eigenvalue weighted by molar-refractivity contribution is 6.42. The molecule has 1 fully saturated rings. The lowest BCUT2D eigenvalue weighted by Gasteiger charge is -2.36. The van der Waals surface area contributed by atoms with E-state index in [0.29, 0.717) is 47.8 Å². The lowest BCUT2D eigenvalue weighted by atomic mass is 9.85. The van der Waals surface area contributed by atoms with Crippen molar-refractivity contribution in [2.75, 3.05) is 51.4 Å². The number of aliphatic hydroxyl groups excluding tert-OH is 1. The van der Waals surface area contributed by atoms with Crippen LogP contribution in [0.4, 0.5) is 5.69 Å². The second kappa shape index (κ2) is 13.2. The normalized spacial score (nSPS) is 20.8. The molecule has 2 heterocycles. The summed E-state index contributed by atoms with van der Waals surface area (Å²) in [6.45, 7) is 4.79. The molecular formula is C30H34Cl2N2O5. The van der Waals surface area contributed by atoms with Crippen LogP contribution < -0.4 is 19.7 Å². The van der Waals surface area contributed by atoms with Gasteiger partial charge >= 0.3 is 0 Å². The maximum atomic E-state index is 10.9. The van der Waals surface area contributed by atoms with Gasteiger partial charge in [0.25, 0.3) is 0 Å². The lowest BCUT2D eigenvalue weighted by molar-refractivity contribution is -0.0328. The average Bonchev–Trinajstić information content (AvgIpc) is 2.95. The van der Waals surface area contributed by atoms with E-state index in [1.54, 1.807) is 25.3 Å². The van der Waals surface area contributed by atoms with Crippen molar-refractivity contribution in [3.8, 4) is 17.2 Å². The van der Waals surface area contributed by atoms with Crippen molar-refractivity contribution in [3.05, 3.63) is 81.8 Å². The van der Waals surface area contributed by atoms with Crippen molar-refractivity contribution < 1.29 is 24.1 Å². The summed E-state index contributed by atoms with van der Waals surface area (Å²) in [5.41, 5.74) is 3.16. The van der Waals surface area contributed by atoms with Crippen molar-refractivity contribution in [1.82, 2.24) is 5.32 Å². The first kappa shape index (κ1) is 28.0. The molecule has 1 saturated heterocycles. The zero-order valence-corrected chi connectivity index (χ0v) is 23.5. The van der Waals surface area contributed by atoms with Crippen LogP contribution in [0.15, 0.2) is 60.7 Å². The van der Waals surface area contributed by atoms with Gasteiger partial charge in [-0.25, -0.2) is 0 Å². The average molecular weight is 574 g/mol. The van der Waals surface area contributed by atoms with E-state index in [2.05, 4.69) is 16.3 Å². The minimum Gasteiger partial charge on any atom is -0.490 e. The standard InChI is InChI=1S/C30H34Cl2N2O5/c1-36-13-2-11-34-12-14-37-28-10-3-20(15-26(28)34)19-38-29-18-33-17-27(35)30(29)21-4-6-22(7-5-21)39-23-8-9-24(31)25(32)16-23/h3-10,15-16,27,29-30,33,35H,2,11-14,17-19H2,1H3/t27-,29+,30+/m1/s1. The first-order chi connectivity index (χ1) is 19.0. The van der Waals surface area contributed by atoms with Gasteiger partial charge in [0.15, 0.2) is 0 Å². The highest BCUT2D eigenvalue weighted by Gasteiger charge is 2.34. The highest BCUT2D eigenvalue weighted by atomic mass is 35.5. The number of rotatable bonds is 10. The predicted molar refractivity (Wildman–Crippen MR) is 154 cm³/mol. The van der Waals surface area contributed by atoms with Crippen LogP contribution in [-0.4, -0.2) is 63.8 Å². The maximum absolute atomic E-state index is 10.9. The number of methoxy groups -OCH3 is 1. The van der Waals surface area contributed by atoms with Gasteiger partial charge in [-0.05, 0) is 53.9 Å². The molecule has 9 heteroatoms. The van der Waals surface area contributed by atoms with Crippen LogP contribution in [0, 0.1) is 0 Å². The van der Waals surface area contributed by atoms with E-state index in [0.717, 1.165) is 48.7 Å². The topological polar surface area (TPSA) is 72.4 Å². The molecule has 0 radical (unpaired) electrons. The van der Waals surface area contributed by atoms with Gasteiger partial charge in [0.2, 0.25) is 0 Å². The molecule has 0 spiro atoms. The number of nitrogens with zero attached hydrogens (tertiary/aromatic N) is 1.